The van der Waals surface area contributed by atoms with Crippen LogP contribution in [0.15, 0.2) is 12.1 Å². The van der Waals surface area contributed by atoms with Crippen molar-refractivity contribution in [2.75, 3.05) is 11.9 Å². The van der Waals surface area contributed by atoms with Crippen LogP contribution in [0.5, 0.6) is 0 Å². The molecule has 1 aliphatic rings. The molecule has 0 atom stereocenters. The Balaban J connectivity index is 2.13. The maximum atomic E-state index is 10.8. The molecule has 0 aromatic carbocycles. The highest BCUT2D eigenvalue weighted by Gasteiger charge is 2.24. The molecule has 0 radical (unpaired) electrons. The summed E-state index contributed by atoms with van der Waals surface area (Å²) in [6.45, 7) is 1.65. The summed E-state index contributed by atoms with van der Waals surface area (Å²) < 4.78 is 0. The maximum absolute atomic E-state index is 10.8. The summed E-state index contributed by atoms with van der Waals surface area (Å²) >= 11 is 0. The Morgan fingerprint density at radius 2 is 2.00 bits per heavy atom. The van der Waals surface area contributed by atoms with Crippen LogP contribution in [0.2, 0.25) is 0 Å². The van der Waals surface area contributed by atoms with Crippen molar-refractivity contribution >= 4 is 11.5 Å². The Hall–Kier alpha value is -1.69. The summed E-state index contributed by atoms with van der Waals surface area (Å²) in [6.07, 6.45) is 3.28. The first-order valence-electron chi connectivity index (χ1n) is 6.52. The van der Waals surface area contributed by atoms with Crippen molar-refractivity contribution in [3.05, 3.63) is 27.9 Å². The third-order valence-corrected chi connectivity index (χ3v) is 3.82. The second-order valence-corrected chi connectivity index (χ2v) is 5.10. The number of aromatic nitrogens is 1. The van der Waals surface area contributed by atoms with Crippen LogP contribution in [0.25, 0.3) is 0 Å². The molecule has 1 saturated carbocycles. The summed E-state index contributed by atoms with van der Waals surface area (Å²) in [4.78, 5) is 16.7. The third-order valence-electron chi connectivity index (χ3n) is 3.82. The number of hydrogen-bond donors (Lipinski definition) is 1. The fourth-order valence-electron chi connectivity index (χ4n) is 2.56. The molecule has 1 aromatic rings. The van der Waals surface area contributed by atoms with Gasteiger partial charge in [-0.25, -0.2) is 4.98 Å². The molecule has 6 heteroatoms. The number of pyridine rings is 1. The minimum Gasteiger partial charge on any atom is -0.393 e. The number of nitro groups is 1. The van der Waals surface area contributed by atoms with Gasteiger partial charge in [0.15, 0.2) is 0 Å². The van der Waals surface area contributed by atoms with Gasteiger partial charge < -0.3 is 10.0 Å². The molecule has 1 N–H and O–H groups in total. The number of rotatable bonds is 3. The normalized spacial score (nSPS) is 23.1. The number of nitrogens with zero attached hydrogens (tertiary/aromatic N) is 3. The molecule has 1 aromatic heterocycles. The summed E-state index contributed by atoms with van der Waals surface area (Å²) in [6, 6.07) is 3.54. The van der Waals surface area contributed by atoms with E-state index in [4.69, 9.17) is 0 Å². The molecule has 0 aliphatic heterocycles. The predicted molar refractivity (Wildman–Crippen MR) is 72.3 cm³/mol. The van der Waals surface area contributed by atoms with E-state index in [1.165, 1.54) is 6.07 Å². The fourth-order valence-corrected chi connectivity index (χ4v) is 2.56. The lowest BCUT2D eigenvalue weighted by Crippen LogP contribution is -2.36. The van der Waals surface area contributed by atoms with Crippen molar-refractivity contribution in [1.29, 1.82) is 0 Å². The average molecular weight is 265 g/mol. The quantitative estimate of drug-likeness (QED) is 0.668. The van der Waals surface area contributed by atoms with Crippen molar-refractivity contribution < 1.29 is 10.0 Å². The van der Waals surface area contributed by atoms with Crippen LogP contribution in [-0.4, -0.2) is 34.2 Å². The first-order chi connectivity index (χ1) is 8.99. The molecule has 1 heterocycles. The highest BCUT2D eigenvalue weighted by Crippen LogP contribution is 2.27. The standard InChI is InChI=1S/C13H19N3O3/c1-9-12(16(18)19)7-8-13(14-9)15(2)10-3-5-11(17)6-4-10/h7-8,10-11,17H,3-6H2,1-2H3. The van der Waals surface area contributed by atoms with Gasteiger partial charge in [-0.1, -0.05) is 0 Å². The lowest BCUT2D eigenvalue weighted by molar-refractivity contribution is -0.385. The molecular formula is C13H19N3O3. The largest absolute Gasteiger partial charge is 0.393 e. The molecule has 0 saturated heterocycles. The van der Waals surface area contributed by atoms with Crippen LogP contribution >= 0.6 is 0 Å². The predicted octanol–water partition coefficient (Wildman–Crippen LogP) is 2.04. The molecule has 19 heavy (non-hydrogen) atoms. The Kier molecular flexibility index (Phi) is 3.99. The van der Waals surface area contributed by atoms with Crippen molar-refractivity contribution in [3.63, 3.8) is 0 Å². The highest BCUT2D eigenvalue weighted by atomic mass is 16.6. The van der Waals surface area contributed by atoms with Gasteiger partial charge in [-0.3, -0.25) is 10.1 Å². The first-order valence-corrected chi connectivity index (χ1v) is 6.52. The van der Waals surface area contributed by atoms with Gasteiger partial charge in [0.05, 0.1) is 11.0 Å². The van der Waals surface area contributed by atoms with Gasteiger partial charge in [0, 0.05) is 19.2 Å². The monoisotopic (exact) mass is 265 g/mol. The summed E-state index contributed by atoms with van der Waals surface area (Å²) in [5.74, 6) is 0.754. The average Bonchev–Trinajstić information content (AvgIpc) is 2.38. The van der Waals surface area contributed by atoms with Crippen molar-refractivity contribution in [2.45, 2.75) is 44.8 Å². The Labute approximate surface area is 112 Å². The van der Waals surface area contributed by atoms with E-state index in [1.807, 2.05) is 7.05 Å². The number of aliphatic hydroxyl groups is 1. The molecule has 0 spiro atoms. The van der Waals surface area contributed by atoms with Crippen molar-refractivity contribution in [3.8, 4) is 0 Å². The molecule has 1 aliphatic carbocycles. The van der Waals surface area contributed by atoms with E-state index in [0.717, 1.165) is 31.5 Å². The van der Waals surface area contributed by atoms with Crippen LogP contribution in [0.4, 0.5) is 11.5 Å². The number of anilines is 1. The van der Waals surface area contributed by atoms with Gasteiger partial charge >= 0.3 is 0 Å². The Bertz CT molecular complexity index is 470. The fraction of sp³-hybridized carbons (Fsp3) is 0.615. The number of aliphatic hydroxyl groups excluding tert-OH is 1. The molecule has 0 unspecified atom stereocenters. The molecule has 1 fully saturated rings. The lowest BCUT2D eigenvalue weighted by Gasteiger charge is -2.33. The van der Waals surface area contributed by atoms with Crippen LogP contribution in [0.1, 0.15) is 31.4 Å². The van der Waals surface area contributed by atoms with E-state index in [1.54, 1.807) is 13.0 Å². The maximum Gasteiger partial charge on any atom is 0.290 e. The van der Waals surface area contributed by atoms with E-state index in [9.17, 15) is 15.2 Å². The SMILES string of the molecule is Cc1nc(N(C)C2CCC(O)CC2)ccc1[N+](=O)[O-]. The van der Waals surface area contributed by atoms with Crippen LogP contribution in [-0.2, 0) is 0 Å². The second-order valence-electron chi connectivity index (χ2n) is 5.10. The van der Waals surface area contributed by atoms with Gasteiger partial charge in [0.2, 0.25) is 0 Å². The Morgan fingerprint density at radius 3 is 2.53 bits per heavy atom. The van der Waals surface area contributed by atoms with Crippen LogP contribution in [0.3, 0.4) is 0 Å². The number of hydrogen-bond acceptors (Lipinski definition) is 5. The van der Waals surface area contributed by atoms with Gasteiger partial charge in [0.25, 0.3) is 5.69 Å². The van der Waals surface area contributed by atoms with E-state index >= 15 is 0 Å². The topological polar surface area (TPSA) is 79.5 Å². The molecule has 0 amide bonds. The van der Waals surface area contributed by atoms with Gasteiger partial charge in [-0.15, -0.1) is 0 Å². The van der Waals surface area contributed by atoms with Crippen molar-refractivity contribution in [1.82, 2.24) is 4.98 Å². The number of aryl methyl sites for hydroxylation is 1. The van der Waals surface area contributed by atoms with E-state index in [0.29, 0.717) is 11.7 Å². The zero-order chi connectivity index (χ0) is 14.0. The summed E-state index contributed by atoms with van der Waals surface area (Å²) in [5, 5.41) is 20.3. The van der Waals surface area contributed by atoms with Crippen molar-refractivity contribution in [2.24, 2.45) is 0 Å². The van der Waals surface area contributed by atoms with Crippen LogP contribution in [0, 0.1) is 17.0 Å². The van der Waals surface area contributed by atoms with E-state index in [2.05, 4.69) is 9.88 Å². The van der Waals surface area contributed by atoms with Gasteiger partial charge in [0.1, 0.15) is 11.5 Å². The minimum atomic E-state index is -0.414. The molecular weight excluding hydrogens is 246 g/mol. The molecule has 2 rings (SSSR count). The van der Waals surface area contributed by atoms with Gasteiger partial charge in [-0.2, -0.15) is 0 Å². The Morgan fingerprint density at radius 1 is 1.37 bits per heavy atom. The molecule has 6 nitrogen and oxygen atoms in total. The summed E-state index contributed by atoms with van der Waals surface area (Å²) in [7, 11) is 1.95. The molecule has 0 bridgehead atoms. The lowest BCUT2D eigenvalue weighted by atomic mass is 9.92. The zero-order valence-corrected chi connectivity index (χ0v) is 11.2. The zero-order valence-electron chi connectivity index (χ0n) is 11.2. The smallest absolute Gasteiger partial charge is 0.290 e. The minimum absolute atomic E-state index is 0.0521. The van der Waals surface area contributed by atoms with Crippen LogP contribution < -0.4 is 4.90 Å². The first kappa shape index (κ1) is 13.7. The second kappa shape index (κ2) is 5.52. The highest BCUT2D eigenvalue weighted by molar-refractivity contribution is 5.47. The molecule has 104 valence electrons. The van der Waals surface area contributed by atoms with E-state index in [-0.39, 0.29) is 11.8 Å². The van der Waals surface area contributed by atoms with E-state index < -0.39 is 4.92 Å². The summed E-state index contributed by atoms with van der Waals surface area (Å²) in [5.41, 5.74) is 0.487. The van der Waals surface area contributed by atoms with Gasteiger partial charge in [-0.05, 0) is 38.7 Å². The third kappa shape index (κ3) is 3.01.